The Bertz CT molecular complexity index is 347. The zero-order chi connectivity index (χ0) is 13.5. The van der Waals surface area contributed by atoms with E-state index in [9.17, 15) is 5.11 Å². The maximum Gasteiger partial charge on any atom is 0.0569 e. The number of nitrogens with zero attached hydrogens (tertiary/aromatic N) is 2. The Balaban J connectivity index is 1.73. The van der Waals surface area contributed by atoms with Crippen molar-refractivity contribution in [2.24, 2.45) is 5.92 Å². The third-order valence-corrected chi connectivity index (χ3v) is 4.14. The van der Waals surface area contributed by atoms with Gasteiger partial charge in [-0.3, -0.25) is 9.88 Å². The topological polar surface area (TPSA) is 36.4 Å². The summed E-state index contributed by atoms with van der Waals surface area (Å²) in [4.78, 5) is 6.83. The number of aromatic nitrogens is 1. The fourth-order valence-electron chi connectivity index (χ4n) is 2.87. The van der Waals surface area contributed by atoms with Crippen molar-refractivity contribution < 1.29 is 5.11 Å². The van der Waals surface area contributed by atoms with Gasteiger partial charge in [0.1, 0.15) is 0 Å². The summed E-state index contributed by atoms with van der Waals surface area (Å²) in [5, 5.41) is 10.2. The Labute approximate surface area is 116 Å². The third kappa shape index (κ3) is 4.59. The van der Waals surface area contributed by atoms with E-state index in [0.29, 0.717) is 5.92 Å². The van der Waals surface area contributed by atoms with E-state index < -0.39 is 0 Å². The maximum absolute atomic E-state index is 10.2. The van der Waals surface area contributed by atoms with Crippen LogP contribution < -0.4 is 0 Å². The molecule has 0 radical (unpaired) electrons. The summed E-state index contributed by atoms with van der Waals surface area (Å²) in [6.07, 6.45) is 7.31. The average Bonchev–Trinajstić information content (AvgIpc) is 2.46. The lowest BCUT2D eigenvalue weighted by atomic mass is 9.88. The van der Waals surface area contributed by atoms with Gasteiger partial charge in [0.25, 0.3) is 0 Å². The smallest absolute Gasteiger partial charge is 0.0569 e. The Morgan fingerprint density at radius 1 is 1.37 bits per heavy atom. The molecule has 1 aliphatic rings. The standard InChI is InChI=1S/C16H26N2O/c1-2-3-7-16(19)14-8-11-18(12-9-14)13-15-6-4-5-10-17-15/h4-6,10,14,16,19H,2-3,7-9,11-13H2,1H3/t16-/m1/s1. The summed E-state index contributed by atoms with van der Waals surface area (Å²) in [6.45, 7) is 5.30. The lowest BCUT2D eigenvalue weighted by Gasteiger charge is -2.34. The number of aliphatic hydroxyl groups excluding tert-OH is 1. The minimum atomic E-state index is -0.0862. The Morgan fingerprint density at radius 2 is 2.16 bits per heavy atom. The van der Waals surface area contributed by atoms with Gasteiger partial charge in [0.15, 0.2) is 0 Å². The highest BCUT2D eigenvalue weighted by Gasteiger charge is 2.24. The number of hydrogen-bond acceptors (Lipinski definition) is 3. The highest BCUT2D eigenvalue weighted by Crippen LogP contribution is 2.24. The molecule has 1 aromatic heterocycles. The van der Waals surface area contributed by atoms with Crippen molar-refractivity contribution in [3.8, 4) is 0 Å². The van der Waals surface area contributed by atoms with E-state index in [1.807, 2.05) is 18.3 Å². The summed E-state index contributed by atoms with van der Waals surface area (Å²) >= 11 is 0. The summed E-state index contributed by atoms with van der Waals surface area (Å²) in [7, 11) is 0. The predicted molar refractivity (Wildman–Crippen MR) is 77.8 cm³/mol. The van der Waals surface area contributed by atoms with Crippen molar-refractivity contribution in [3.05, 3.63) is 30.1 Å². The second-order valence-corrected chi connectivity index (χ2v) is 5.64. The zero-order valence-electron chi connectivity index (χ0n) is 12.0. The SMILES string of the molecule is CCCC[C@@H](O)C1CCN(Cc2ccccn2)CC1. The number of rotatable bonds is 6. The molecule has 1 atom stereocenters. The molecule has 0 spiro atoms. The van der Waals surface area contributed by atoms with Crippen LogP contribution in [-0.2, 0) is 6.54 Å². The Morgan fingerprint density at radius 3 is 2.79 bits per heavy atom. The molecular formula is C16H26N2O. The number of likely N-dealkylation sites (tertiary alicyclic amines) is 1. The van der Waals surface area contributed by atoms with Gasteiger partial charge in [-0.25, -0.2) is 0 Å². The zero-order valence-corrected chi connectivity index (χ0v) is 12.0. The first-order valence-electron chi connectivity index (χ1n) is 7.60. The number of piperidine rings is 1. The van der Waals surface area contributed by atoms with Gasteiger partial charge >= 0.3 is 0 Å². The van der Waals surface area contributed by atoms with Crippen molar-refractivity contribution in [1.29, 1.82) is 0 Å². The first-order valence-corrected chi connectivity index (χ1v) is 7.60. The van der Waals surface area contributed by atoms with Crippen molar-refractivity contribution in [2.45, 2.75) is 51.7 Å². The van der Waals surface area contributed by atoms with E-state index >= 15 is 0 Å². The molecule has 2 heterocycles. The van der Waals surface area contributed by atoms with Gasteiger partial charge in [0.2, 0.25) is 0 Å². The molecule has 1 aliphatic heterocycles. The molecule has 3 nitrogen and oxygen atoms in total. The summed E-state index contributed by atoms with van der Waals surface area (Å²) in [5.41, 5.74) is 1.15. The quantitative estimate of drug-likeness (QED) is 0.856. The Hall–Kier alpha value is -0.930. The molecule has 0 amide bonds. The van der Waals surface area contributed by atoms with Crippen LogP contribution in [0.15, 0.2) is 24.4 Å². The molecule has 3 heteroatoms. The van der Waals surface area contributed by atoms with Gasteiger partial charge in [-0.15, -0.1) is 0 Å². The Kier molecular flexibility index (Phi) is 5.80. The van der Waals surface area contributed by atoms with Crippen molar-refractivity contribution >= 4 is 0 Å². The molecule has 2 rings (SSSR count). The van der Waals surface area contributed by atoms with Crippen LogP contribution in [-0.4, -0.2) is 34.2 Å². The van der Waals surface area contributed by atoms with E-state index in [1.165, 1.54) is 6.42 Å². The number of aliphatic hydroxyl groups is 1. The van der Waals surface area contributed by atoms with E-state index in [4.69, 9.17) is 0 Å². The highest BCUT2D eigenvalue weighted by molar-refractivity contribution is 5.03. The third-order valence-electron chi connectivity index (χ3n) is 4.14. The number of pyridine rings is 1. The van der Waals surface area contributed by atoms with Crippen LogP contribution in [0.3, 0.4) is 0 Å². The van der Waals surface area contributed by atoms with E-state index in [2.05, 4.69) is 22.9 Å². The first-order chi connectivity index (χ1) is 9.29. The molecule has 19 heavy (non-hydrogen) atoms. The molecule has 0 aromatic carbocycles. The van der Waals surface area contributed by atoms with Crippen molar-refractivity contribution in [1.82, 2.24) is 9.88 Å². The lowest BCUT2D eigenvalue weighted by molar-refractivity contribution is 0.0500. The van der Waals surface area contributed by atoms with Crippen LogP contribution in [0.25, 0.3) is 0 Å². The second-order valence-electron chi connectivity index (χ2n) is 5.64. The van der Waals surface area contributed by atoms with E-state index in [0.717, 1.165) is 51.0 Å². The molecular weight excluding hydrogens is 236 g/mol. The van der Waals surface area contributed by atoms with Crippen LogP contribution in [0.5, 0.6) is 0 Å². The number of hydrogen-bond donors (Lipinski definition) is 1. The van der Waals surface area contributed by atoms with Gasteiger partial charge in [0, 0.05) is 12.7 Å². The fraction of sp³-hybridized carbons (Fsp3) is 0.688. The largest absolute Gasteiger partial charge is 0.393 e. The molecule has 0 bridgehead atoms. The molecule has 1 saturated heterocycles. The molecule has 0 saturated carbocycles. The lowest BCUT2D eigenvalue weighted by Crippen LogP contribution is -2.37. The normalized spacial score (nSPS) is 19.5. The van der Waals surface area contributed by atoms with E-state index in [-0.39, 0.29) is 6.10 Å². The minimum absolute atomic E-state index is 0.0862. The summed E-state index contributed by atoms with van der Waals surface area (Å²) in [6, 6.07) is 6.09. The molecule has 0 aliphatic carbocycles. The summed E-state index contributed by atoms with van der Waals surface area (Å²) in [5.74, 6) is 0.506. The van der Waals surface area contributed by atoms with Crippen LogP contribution in [0.2, 0.25) is 0 Å². The fourth-order valence-corrected chi connectivity index (χ4v) is 2.87. The average molecular weight is 262 g/mol. The molecule has 1 fully saturated rings. The molecule has 106 valence electrons. The maximum atomic E-state index is 10.2. The van der Waals surface area contributed by atoms with Gasteiger partial charge in [-0.2, -0.15) is 0 Å². The van der Waals surface area contributed by atoms with Crippen LogP contribution >= 0.6 is 0 Å². The molecule has 1 N–H and O–H groups in total. The van der Waals surface area contributed by atoms with Gasteiger partial charge < -0.3 is 5.11 Å². The molecule has 1 aromatic rings. The van der Waals surface area contributed by atoms with Gasteiger partial charge in [-0.05, 0) is 50.4 Å². The highest BCUT2D eigenvalue weighted by atomic mass is 16.3. The first kappa shape index (κ1) is 14.5. The number of unbranched alkanes of at least 4 members (excludes halogenated alkanes) is 1. The monoisotopic (exact) mass is 262 g/mol. The second kappa shape index (κ2) is 7.61. The van der Waals surface area contributed by atoms with Crippen LogP contribution in [0, 0.1) is 5.92 Å². The van der Waals surface area contributed by atoms with Crippen LogP contribution in [0.1, 0.15) is 44.7 Å². The van der Waals surface area contributed by atoms with Gasteiger partial charge in [-0.1, -0.05) is 25.8 Å². The van der Waals surface area contributed by atoms with Gasteiger partial charge in [0.05, 0.1) is 11.8 Å². The predicted octanol–water partition coefficient (Wildman–Crippen LogP) is 2.84. The van der Waals surface area contributed by atoms with Crippen molar-refractivity contribution in [3.63, 3.8) is 0 Å². The van der Waals surface area contributed by atoms with Crippen molar-refractivity contribution in [2.75, 3.05) is 13.1 Å². The molecule has 0 unspecified atom stereocenters. The minimum Gasteiger partial charge on any atom is -0.393 e. The van der Waals surface area contributed by atoms with Crippen LogP contribution in [0.4, 0.5) is 0 Å². The summed E-state index contributed by atoms with van der Waals surface area (Å²) < 4.78 is 0. The van der Waals surface area contributed by atoms with E-state index in [1.54, 1.807) is 0 Å².